The topological polar surface area (TPSA) is 62.4 Å². The summed E-state index contributed by atoms with van der Waals surface area (Å²) in [5, 5.41) is 13.5. The zero-order valence-corrected chi connectivity index (χ0v) is 12.1. The highest BCUT2D eigenvalue weighted by Crippen LogP contribution is 2.19. The van der Waals surface area contributed by atoms with Crippen molar-refractivity contribution >= 4 is 0 Å². The Bertz CT molecular complexity index is 556. The number of hydrogen-bond donors (Lipinski definition) is 1. The zero-order chi connectivity index (χ0) is 14.5. The quantitative estimate of drug-likeness (QED) is 0.911. The van der Waals surface area contributed by atoms with E-state index in [4.69, 9.17) is 4.52 Å². The van der Waals surface area contributed by atoms with Crippen LogP contribution in [0.15, 0.2) is 34.9 Å². The lowest BCUT2D eigenvalue weighted by Gasteiger charge is -2.33. The first-order valence-corrected chi connectivity index (χ1v) is 7.55. The molecule has 0 bridgehead atoms. The van der Waals surface area contributed by atoms with Crippen LogP contribution >= 0.6 is 0 Å². The molecule has 0 aliphatic carbocycles. The monoisotopic (exact) mass is 287 g/mol. The van der Waals surface area contributed by atoms with Gasteiger partial charge in [0, 0.05) is 12.5 Å². The Kier molecular flexibility index (Phi) is 4.62. The summed E-state index contributed by atoms with van der Waals surface area (Å²) in [7, 11) is 0. The second kappa shape index (κ2) is 6.83. The predicted octanol–water partition coefficient (Wildman–Crippen LogP) is 2.01. The van der Waals surface area contributed by atoms with Crippen LogP contribution in [0.5, 0.6) is 0 Å². The third kappa shape index (κ3) is 3.68. The highest BCUT2D eigenvalue weighted by atomic mass is 16.5. The number of aliphatic hydroxyl groups excluding tert-OH is 1. The molecule has 5 heteroatoms. The summed E-state index contributed by atoms with van der Waals surface area (Å²) in [5.74, 6) is 1.36. The first-order chi connectivity index (χ1) is 10.3. The average molecular weight is 287 g/mol. The van der Waals surface area contributed by atoms with Gasteiger partial charge in [-0.2, -0.15) is 4.98 Å². The molecule has 112 valence electrons. The van der Waals surface area contributed by atoms with Gasteiger partial charge >= 0.3 is 0 Å². The summed E-state index contributed by atoms with van der Waals surface area (Å²) in [6, 6.07) is 10.4. The molecule has 0 unspecified atom stereocenters. The number of hydrogen-bond acceptors (Lipinski definition) is 5. The molecule has 1 aromatic carbocycles. The molecular formula is C16H21N3O2. The zero-order valence-electron chi connectivity index (χ0n) is 12.1. The van der Waals surface area contributed by atoms with Crippen LogP contribution in [0.3, 0.4) is 0 Å². The number of aliphatic hydroxyl groups is 1. The van der Waals surface area contributed by atoms with Gasteiger partial charge in [0.25, 0.3) is 0 Å². The van der Waals surface area contributed by atoms with Gasteiger partial charge in [-0.05, 0) is 24.9 Å². The third-order valence-corrected chi connectivity index (χ3v) is 4.01. The number of rotatable bonds is 5. The Morgan fingerprint density at radius 3 is 2.90 bits per heavy atom. The van der Waals surface area contributed by atoms with E-state index in [1.807, 2.05) is 18.2 Å². The van der Waals surface area contributed by atoms with E-state index in [9.17, 15) is 5.11 Å². The van der Waals surface area contributed by atoms with Crippen LogP contribution in [0, 0.1) is 0 Å². The Labute approximate surface area is 124 Å². The Morgan fingerprint density at radius 2 is 2.10 bits per heavy atom. The van der Waals surface area contributed by atoms with Crippen LogP contribution in [0.4, 0.5) is 0 Å². The van der Waals surface area contributed by atoms with Crippen LogP contribution in [-0.2, 0) is 13.0 Å². The van der Waals surface area contributed by atoms with Crippen molar-refractivity contribution in [1.29, 1.82) is 0 Å². The highest BCUT2D eigenvalue weighted by Gasteiger charge is 2.23. The summed E-state index contributed by atoms with van der Waals surface area (Å²) >= 11 is 0. The standard InChI is InChI=1S/C16H21N3O2/c20-12-14-8-4-5-9-19(14)11-16-17-15(18-21-16)10-13-6-2-1-3-7-13/h1-3,6-7,14,20H,4-5,8-12H2/t14-/m1/s1. The van der Waals surface area contributed by atoms with E-state index >= 15 is 0 Å². The molecule has 0 saturated carbocycles. The van der Waals surface area contributed by atoms with Gasteiger partial charge in [0.05, 0.1) is 13.2 Å². The van der Waals surface area contributed by atoms with Gasteiger partial charge in [-0.15, -0.1) is 0 Å². The maximum absolute atomic E-state index is 9.43. The molecule has 1 aromatic heterocycles. The van der Waals surface area contributed by atoms with Gasteiger partial charge in [0.1, 0.15) is 0 Å². The molecule has 0 amide bonds. The van der Waals surface area contributed by atoms with Crippen molar-refractivity contribution in [3.63, 3.8) is 0 Å². The van der Waals surface area contributed by atoms with E-state index in [-0.39, 0.29) is 12.6 Å². The normalized spacial score (nSPS) is 19.8. The molecule has 1 saturated heterocycles. The number of aromatic nitrogens is 2. The molecule has 1 fully saturated rings. The van der Waals surface area contributed by atoms with Gasteiger partial charge < -0.3 is 9.63 Å². The number of piperidine rings is 1. The number of likely N-dealkylation sites (tertiary alicyclic amines) is 1. The Morgan fingerprint density at radius 1 is 1.24 bits per heavy atom. The minimum Gasteiger partial charge on any atom is -0.395 e. The first-order valence-electron chi connectivity index (χ1n) is 7.55. The maximum atomic E-state index is 9.43. The molecule has 0 spiro atoms. The second-order valence-electron chi connectivity index (χ2n) is 5.57. The first kappa shape index (κ1) is 14.2. The van der Waals surface area contributed by atoms with Crippen LogP contribution in [0.2, 0.25) is 0 Å². The van der Waals surface area contributed by atoms with E-state index in [2.05, 4.69) is 27.2 Å². The van der Waals surface area contributed by atoms with Gasteiger partial charge in [-0.25, -0.2) is 0 Å². The molecule has 21 heavy (non-hydrogen) atoms. The van der Waals surface area contributed by atoms with Crippen LogP contribution in [0.25, 0.3) is 0 Å². The number of nitrogens with zero attached hydrogens (tertiary/aromatic N) is 3. The van der Waals surface area contributed by atoms with Gasteiger partial charge in [0.15, 0.2) is 5.82 Å². The van der Waals surface area contributed by atoms with Crippen molar-refractivity contribution in [3.05, 3.63) is 47.6 Å². The molecule has 1 aliphatic rings. The van der Waals surface area contributed by atoms with Crippen molar-refractivity contribution in [2.75, 3.05) is 13.2 Å². The molecule has 3 rings (SSSR count). The van der Waals surface area contributed by atoms with E-state index in [1.165, 1.54) is 18.4 Å². The molecule has 2 aromatic rings. The van der Waals surface area contributed by atoms with Crippen molar-refractivity contribution in [2.45, 2.75) is 38.3 Å². The second-order valence-corrected chi connectivity index (χ2v) is 5.57. The lowest BCUT2D eigenvalue weighted by molar-refractivity contribution is 0.0749. The van der Waals surface area contributed by atoms with Crippen LogP contribution < -0.4 is 0 Å². The van der Waals surface area contributed by atoms with Gasteiger partial charge in [0.2, 0.25) is 5.89 Å². The highest BCUT2D eigenvalue weighted by molar-refractivity contribution is 5.18. The third-order valence-electron chi connectivity index (χ3n) is 4.01. The summed E-state index contributed by atoms with van der Waals surface area (Å²) in [6.45, 7) is 1.82. The molecule has 1 aliphatic heterocycles. The molecule has 0 radical (unpaired) electrons. The summed E-state index contributed by atoms with van der Waals surface area (Å²) in [4.78, 5) is 6.71. The number of benzene rings is 1. The fraction of sp³-hybridized carbons (Fsp3) is 0.500. The lowest BCUT2D eigenvalue weighted by Crippen LogP contribution is -2.41. The largest absolute Gasteiger partial charge is 0.395 e. The van der Waals surface area contributed by atoms with Gasteiger partial charge in [-0.1, -0.05) is 41.9 Å². The summed E-state index contributed by atoms with van der Waals surface area (Å²) in [6.07, 6.45) is 4.08. The van der Waals surface area contributed by atoms with Crippen LogP contribution in [-0.4, -0.2) is 39.3 Å². The van der Waals surface area contributed by atoms with E-state index in [1.54, 1.807) is 0 Å². The van der Waals surface area contributed by atoms with Crippen molar-refractivity contribution in [2.24, 2.45) is 0 Å². The van der Waals surface area contributed by atoms with Crippen molar-refractivity contribution < 1.29 is 9.63 Å². The maximum Gasteiger partial charge on any atom is 0.240 e. The summed E-state index contributed by atoms with van der Waals surface area (Å²) < 4.78 is 5.35. The SMILES string of the molecule is OC[C@H]1CCCCN1Cc1nc(Cc2ccccc2)no1. The molecule has 5 nitrogen and oxygen atoms in total. The van der Waals surface area contributed by atoms with Gasteiger partial charge in [-0.3, -0.25) is 4.90 Å². The minimum absolute atomic E-state index is 0.199. The molecule has 2 heterocycles. The van der Waals surface area contributed by atoms with Crippen molar-refractivity contribution in [1.82, 2.24) is 15.0 Å². The van der Waals surface area contributed by atoms with E-state index < -0.39 is 0 Å². The Balaban J connectivity index is 1.62. The smallest absolute Gasteiger partial charge is 0.240 e. The summed E-state index contributed by atoms with van der Waals surface area (Å²) in [5.41, 5.74) is 1.18. The lowest BCUT2D eigenvalue weighted by atomic mass is 10.0. The fourth-order valence-corrected chi connectivity index (χ4v) is 2.85. The fourth-order valence-electron chi connectivity index (χ4n) is 2.85. The van der Waals surface area contributed by atoms with E-state index in [0.29, 0.717) is 24.7 Å². The van der Waals surface area contributed by atoms with Crippen molar-refractivity contribution in [3.8, 4) is 0 Å². The minimum atomic E-state index is 0.199. The predicted molar refractivity (Wildman–Crippen MR) is 78.7 cm³/mol. The Hall–Kier alpha value is -1.72. The molecule has 1 N–H and O–H groups in total. The molecule has 1 atom stereocenters. The molecular weight excluding hydrogens is 266 g/mol. The van der Waals surface area contributed by atoms with E-state index in [0.717, 1.165) is 13.0 Å². The average Bonchev–Trinajstić information content (AvgIpc) is 2.96. The van der Waals surface area contributed by atoms with Crippen LogP contribution in [0.1, 0.15) is 36.5 Å².